The molecule has 0 fully saturated rings. The number of benzene rings is 2. The van der Waals surface area contributed by atoms with Crippen molar-refractivity contribution in [3.05, 3.63) is 56.5 Å². The molecule has 0 spiro atoms. The van der Waals surface area contributed by atoms with Gasteiger partial charge in [-0.25, -0.2) is 0 Å². The summed E-state index contributed by atoms with van der Waals surface area (Å²) < 4.78 is 0.918. The Morgan fingerprint density at radius 3 is 2.70 bits per heavy atom. The van der Waals surface area contributed by atoms with E-state index in [4.69, 9.17) is 23.2 Å². The van der Waals surface area contributed by atoms with Crippen molar-refractivity contribution in [2.45, 2.75) is 6.04 Å². The molecule has 1 aliphatic heterocycles. The topological polar surface area (TPSA) is 41.1 Å². The number of fused-ring (bicyclic) bond motifs is 1. The van der Waals surface area contributed by atoms with Gasteiger partial charge in [-0.2, -0.15) is 0 Å². The lowest BCUT2D eigenvalue weighted by Crippen LogP contribution is -2.19. The predicted molar refractivity (Wildman–Crippen MR) is 85.6 cm³/mol. The lowest BCUT2D eigenvalue weighted by atomic mass is 10.1. The molecule has 0 bridgehead atoms. The fourth-order valence-electron chi connectivity index (χ4n) is 2.14. The van der Waals surface area contributed by atoms with E-state index >= 15 is 0 Å². The van der Waals surface area contributed by atoms with Crippen molar-refractivity contribution < 1.29 is 4.79 Å². The maximum atomic E-state index is 12.1. The normalized spacial score (nSPS) is 16.8. The Balaban J connectivity index is 1.95. The van der Waals surface area contributed by atoms with Crippen molar-refractivity contribution in [3.63, 3.8) is 0 Å². The molecule has 1 heterocycles. The molecule has 20 heavy (non-hydrogen) atoms. The zero-order chi connectivity index (χ0) is 14.3. The summed E-state index contributed by atoms with van der Waals surface area (Å²) in [5.74, 6) is -0.107. The summed E-state index contributed by atoms with van der Waals surface area (Å²) in [5, 5.41) is 7.02. The third-order valence-electron chi connectivity index (χ3n) is 3.08. The van der Waals surface area contributed by atoms with Crippen LogP contribution in [-0.2, 0) is 4.79 Å². The van der Waals surface area contributed by atoms with E-state index in [-0.39, 0.29) is 5.91 Å². The third-order valence-corrected chi connectivity index (χ3v) is 4.12. The first-order valence-corrected chi connectivity index (χ1v) is 7.41. The molecule has 1 unspecified atom stereocenters. The second-order valence-corrected chi connectivity index (χ2v) is 6.18. The molecule has 6 heteroatoms. The maximum Gasteiger partial charge on any atom is 0.251 e. The molecule has 2 aromatic carbocycles. The van der Waals surface area contributed by atoms with Crippen LogP contribution in [0.2, 0.25) is 10.0 Å². The van der Waals surface area contributed by atoms with Crippen molar-refractivity contribution in [1.82, 2.24) is 0 Å². The predicted octanol–water partition coefficient (Wildman–Crippen LogP) is 4.86. The Morgan fingerprint density at radius 1 is 1.15 bits per heavy atom. The molecule has 2 aromatic rings. The molecule has 0 saturated heterocycles. The van der Waals surface area contributed by atoms with Crippen LogP contribution in [0.5, 0.6) is 0 Å². The Bertz CT molecular complexity index is 706. The average Bonchev–Trinajstić information content (AvgIpc) is 2.69. The van der Waals surface area contributed by atoms with Gasteiger partial charge in [0.05, 0.1) is 10.7 Å². The zero-order valence-corrected chi connectivity index (χ0v) is 13.2. The molecule has 1 atom stereocenters. The molecule has 0 aromatic heterocycles. The number of rotatable bonds is 2. The van der Waals surface area contributed by atoms with Gasteiger partial charge in [0.25, 0.3) is 5.91 Å². The molecule has 0 aliphatic carbocycles. The minimum Gasteiger partial charge on any atom is -0.369 e. The van der Waals surface area contributed by atoms with Gasteiger partial charge in [-0.3, -0.25) is 4.79 Å². The number of carbonyl (C=O) groups is 1. The van der Waals surface area contributed by atoms with Crippen molar-refractivity contribution in [1.29, 1.82) is 0 Å². The molecule has 1 aliphatic rings. The number of nitrogens with one attached hydrogen (secondary N) is 2. The van der Waals surface area contributed by atoms with Crippen molar-refractivity contribution in [3.8, 4) is 0 Å². The molecular weight excluding hydrogens is 363 g/mol. The molecule has 1 amide bonds. The van der Waals surface area contributed by atoms with Crippen molar-refractivity contribution in [2.24, 2.45) is 0 Å². The summed E-state index contributed by atoms with van der Waals surface area (Å²) in [6.07, 6.45) is 0. The van der Waals surface area contributed by atoms with E-state index in [2.05, 4.69) is 26.6 Å². The lowest BCUT2D eigenvalue weighted by Gasteiger charge is -2.14. The Hall–Kier alpha value is -1.23. The fraction of sp³-hybridized carbons (Fsp3) is 0.0714. The van der Waals surface area contributed by atoms with E-state index in [0.29, 0.717) is 15.7 Å². The molecule has 102 valence electrons. The molecular formula is C14H9BrCl2N2O. The van der Waals surface area contributed by atoms with E-state index in [1.54, 1.807) is 18.2 Å². The van der Waals surface area contributed by atoms with E-state index in [9.17, 15) is 4.79 Å². The number of carbonyl (C=O) groups excluding carboxylic acids is 1. The van der Waals surface area contributed by atoms with Gasteiger partial charge in [0.15, 0.2) is 0 Å². The van der Waals surface area contributed by atoms with Gasteiger partial charge in [-0.15, -0.1) is 0 Å². The maximum absolute atomic E-state index is 12.1. The van der Waals surface area contributed by atoms with Gasteiger partial charge in [-0.1, -0.05) is 39.1 Å². The summed E-state index contributed by atoms with van der Waals surface area (Å²) in [5.41, 5.74) is 2.36. The highest BCUT2D eigenvalue weighted by Crippen LogP contribution is 2.37. The minimum atomic E-state index is -0.471. The fourth-order valence-corrected chi connectivity index (χ4v) is 2.98. The molecule has 2 N–H and O–H groups in total. The highest BCUT2D eigenvalue weighted by Gasteiger charge is 2.30. The Morgan fingerprint density at radius 2 is 1.95 bits per heavy atom. The summed E-state index contributed by atoms with van der Waals surface area (Å²) in [6, 6.07) is 10.3. The average molecular weight is 372 g/mol. The number of amides is 1. The second kappa shape index (κ2) is 5.28. The quantitative estimate of drug-likeness (QED) is 0.791. The van der Waals surface area contributed by atoms with Gasteiger partial charge in [0.1, 0.15) is 6.04 Å². The van der Waals surface area contributed by atoms with Gasteiger partial charge in [-0.05, 0) is 36.4 Å². The first-order valence-electron chi connectivity index (χ1n) is 5.86. The summed E-state index contributed by atoms with van der Waals surface area (Å²) in [6.45, 7) is 0. The smallest absolute Gasteiger partial charge is 0.251 e. The standard InChI is InChI=1S/C14H9BrCl2N2O/c15-7-1-3-11-9(5-7)13(14(20)19-11)18-12-4-2-8(16)6-10(12)17/h1-6,13,18H,(H,19,20). The van der Waals surface area contributed by atoms with Gasteiger partial charge < -0.3 is 10.6 Å². The van der Waals surface area contributed by atoms with E-state index < -0.39 is 6.04 Å². The Labute approximate surface area is 134 Å². The van der Waals surface area contributed by atoms with E-state index in [1.807, 2.05) is 18.2 Å². The van der Waals surface area contributed by atoms with E-state index in [1.165, 1.54) is 0 Å². The van der Waals surface area contributed by atoms with E-state index in [0.717, 1.165) is 15.7 Å². The molecule has 0 radical (unpaired) electrons. The van der Waals surface area contributed by atoms with Gasteiger partial charge >= 0.3 is 0 Å². The van der Waals surface area contributed by atoms with Crippen LogP contribution in [0.3, 0.4) is 0 Å². The van der Waals surface area contributed by atoms with Gasteiger partial charge in [0, 0.05) is 20.7 Å². The van der Waals surface area contributed by atoms with Crippen LogP contribution in [0.4, 0.5) is 11.4 Å². The SMILES string of the molecule is O=C1Nc2ccc(Br)cc2C1Nc1ccc(Cl)cc1Cl. The number of anilines is 2. The summed E-state index contributed by atoms with van der Waals surface area (Å²) in [7, 11) is 0. The number of hydrogen-bond donors (Lipinski definition) is 2. The summed E-state index contributed by atoms with van der Waals surface area (Å²) >= 11 is 15.4. The van der Waals surface area contributed by atoms with Crippen LogP contribution >= 0.6 is 39.1 Å². The highest BCUT2D eigenvalue weighted by molar-refractivity contribution is 9.10. The van der Waals surface area contributed by atoms with Gasteiger partial charge in [0.2, 0.25) is 0 Å². The lowest BCUT2D eigenvalue weighted by molar-refractivity contribution is -0.116. The minimum absolute atomic E-state index is 0.107. The largest absolute Gasteiger partial charge is 0.369 e. The molecule has 0 saturated carbocycles. The first kappa shape index (κ1) is 13.7. The third kappa shape index (κ3) is 2.51. The monoisotopic (exact) mass is 370 g/mol. The zero-order valence-electron chi connectivity index (χ0n) is 10.1. The van der Waals surface area contributed by atoms with Crippen LogP contribution in [0, 0.1) is 0 Å². The van der Waals surface area contributed by atoms with Crippen LogP contribution in [0.15, 0.2) is 40.9 Å². The molecule has 3 rings (SSSR count). The Kier molecular flexibility index (Phi) is 3.63. The van der Waals surface area contributed by atoms with Crippen LogP contribution in [0.1, 0.15) is 11.6 Å². The van der Waals surface area contributed by atoms with Crippen LogP contribution < -0.4 is 10.6 Å². The van der Waals surface area contributed by atoms with Crippen molar-refractivity contribution >= 4 is 56.4 Å². The number of hydrogen-bond acceptors (Lipinski definition) is 2. The van der Waals surface area contributed by atoms with Crippen molar-refractivity contribution in [2.75, 3.05) is 10.6 Å². The second-order valence-electron chi connectivity index (χ2n) is 4.42. The number of halogens is 3. The van der Waals surface area contributed by atoms with Crippen LogP contribution in [0.25, 0.3) is 0 Å². The van der Waals surface area contributed by atoms with Crippen LogP contribution in [-0.4, -0.2) is 5.91 Å². The first-order chi connectivity index (χ1) is 9.54. The highest BCUT2D eigenvalue weighted by atomic mass is 79.9. The summed E-state index contributed by atoms with van der Waals surface area (Å²) in [4.78, 5) is 12.1. The molecule has 3 nitrogen and oxygen atoms in total.